The number of halogens is 1. The zero-order chi connectivity index (χ0) is 9.38. The monoisotopic (exact) mass is 297 g/mol. The van der Waals surface area contributed by atoms with E-state index in [0.29, 0.717) is 0 Å². The van der Waals surface area contributed by atoms with Crippen LogP contribution in [0.15, 0.2) is 46.1 Å². The van der Waals surface area contributed by atoms with Gasteiger partial charge in [0.05, 0.1) is 10.3 Å². The molecule has 1 nitrogen and oxygen atoms in total. The molecule has 0 radical (unpaired) electrons. The van der Waals surface area contributed by atoms with Crippen LogP contribution in [0.25, 0.3) is 11.8 Å². The maximum atomic E-state index is 2.23. The van der Waals surface area contributed by atoms with Gasteiger partial charge in [-0.25, -0.2) is 0 Å². The summed E-state index contributed by atoms with van der Waals surface area (Å²) in [6, 6.07) is 8.48. The maximum Gasteiger partial charge on any atom is 0.268 e. The molecule has 4 heteroatoms. The van der Waals surface area contributed by atoms with Crippen molar-refractivity contribution in [2.75, 3.05) is 0 Å². The molecule has 0 fully saturated rings. The molecule has 1 aliphatic rings. The van der Waals surface area contributed by atoms with E-state index in [0.717, 1.165) is 0 Å². The molecule has 1 aliphatic heterocycles. The summed E-state index contributed by atoms with van der Waals surface area (Å²) in [4.78, 5) is 1.31. The molecule has 0 unspecified atom stereocenters. The van der Waals surface area contributed by atoms with E-state index in [4.69, 9.17) is 0 Å². The standard InChI is InChI=1S/C11H8NS2.BrH/c1-2-4-10-9(3-1)12-6-8-14-11(12)5-7-13-10;/h1-8H;1H/q+1;/p-1. The van der Waals surface area contributed by atoms with Crippen molar-refractivity contribution in [3.63, 3.8) is 0 Å². The average molecular weight is 298 g/mol. The molecule has 2 aromatic rings. The molecule has 0 bridgehead atoms. The molecule has 0 N–H and O–H groups in total. The van der Waals surface area contributed by atoms with Gasteiger partial charge in [-0.3, -0.25) is 0 Å². The summed E-state index contributed by atoms with van der Waals surface area (Å²) in [7, 11) is 0. The zero-order valence-electron chi connectivity index (χ0n) is 7.76. The lowest BCUT2D eigenvalue weighted by molar-refractivity contribution is -0.594. The second-order valence-corrected chi connectivity index (χ2v) is 4.87. The van der Waals surface area contributed by atoms with Crippen LogP contribution in [0.3, 0.4) is 0 Å². The summed E-state index contributed by atoms with van der Waals surface area (Å²) in [6.07, 6.45) is 4.28. The maximum absolute atomic E-state index is 2.23. The van der Waals surface area contributed by atoms with Crippen LogP contribution in [0.1, 0.15) is 5.01 Å². The molecular weight excluding hydrogens is 290 g/mol. The first-order valence-corrected chi connectivity index (χ1v) is 6.13. The quantitative estimate of drug-likeness (QED) is 0.624. The van der Waals surface area contributed by atoms with Gasteiger partial charge in [-0.05, 0) is 11.5 Å². The van der Waals surface area contributed by atoms with E-state index < -0.39 is 0 Å². The Balaban J connectivity index is 0.000000853. The van der Waals surface area contributed by atoms with E-state index in [1.807, 2.05) is 0 Å². The first kappa shape index (κ1) is 10.9. The van der Waals surface area contributed by atoms with Gasteiger partial charge in [-0.1, -0.05) is 35.2 Å². The number of rotatable bonds is 0. The van der Waals surface area contributed by atoms with Crippen LogP contribution in [0.4, 0.5) is 0 Å². The van der Waals surface area contributed by atoms with Crippen LogP contribution in [0, 0.1) is 0 Å². The van der Waals surface area contributed by atoms with Crippen LogP contribution in [-0.2, 0) is 0 Å². The van der Waals surface area contributed by atoms with E-state index in [1.165, 1.54) is 15.6 Å². The first-order chi connectivity index (χ1) is 6.95. The van der Waals surface area contributed by atoms with Gasteiger partial charge in [0, 0.05) is 12.1 Å². The predicted molar refractivity (Wildman–Crippen MR) is 60.7 cm³/mol. The number of thiazole rings is 1. The third-order valence-electron chi connectivity index (χ3n) is 2.17. The largest absolute Gasteiger partial charge is 1.00 e. The normalized spacial score (nSPS) is 12.3. The molecule has 0 atom stereocenters. The van der Waals surface area contributed by atoms with Crippen molar-refractivity contribution in [3.05, 3.63) is 46.3 Å². The third kappa shape index (κ3) is 1.89. The summed E-state index contributed by atoms with van der Waals surface area (Å²) >= 11 is 3.54. The van der Waals surface area contributed by atoms with Crippen LogP contribution in [0.5, 0.6) is 0 Å². The number of hydrogen-bond donors (Lipinski definition) is 0. The molecule has 1 aromatic carbocycles. The van der Waals surface area contributed by atoms with Crippen LogP contribution < -0.4 is 21.5 Å². The number of thioether (sulfide) groups is 1. The molecule has 0 aliphatic carbocycles. The SMILES string of the molecule is C1=Cc2scc[n+]2-c2ccccc2S1.[Br-]. The fourth-order valence-corrected chi connectivity index (χ4v) is 3.15. The van der Waals surface area contributed by atoms with Crippen LogP contribution in [0.2, 0.25) is 0 Å². The summed E-state index contributed by atoms with van der Waals surface area (Å²) in [5.74, 6) is 0. The van der Waals surface area contributed by atoms with Crippen molar-refractivity contribution in [1.29, 1.82) is 0 Å². The highest BCUT2D eigenvalue weighted by molar-refractivity contribution is 8.02. The highest BCUT2D eigenvalue weighted by Crippen LogP contribution is 2.28. The Morgan fingerprint density at radius 2 is 2.00 bits per heavy atom. The molecule has 0 amide bonds. The number of nitrogens with zero attached hydrogens (tertiary/aromatic N) is 1. The summed E-state index contributed by atoms with van der Waals surface area (Å²) in [5.41, 5.74) is 1.28. The number of aromatic nitrogens is 1. The van der Waals surface area contributed by atoms with E-state index in [2.05, 4.69) is 51.9 Å². The number of fused-ring (bicyclic) bond motifs is 3. The van der Waals surface area contributed by atoms with E-state index in [1.54, 1.807) is 23.1 Å². The minimum Gasteiger partial charge on any atom is -1.00 e. The Hall–Kier alpha value is -0.580. The molecule has 0 spiro atoms. The van der Waals surface area contributed by atoms with Crippen molar-refractivity contribution < 1.29 is 21.5 Å². The smallest absolute Gasteiger partial charge is 0.268 e. The molecule has 2 heterocycles. The summed E-state index contributed by atoms with van der Waals surface area (Å²) < 4.78 is 2.23. The van der Waals surface area contributed by atoms with E-state index in [9.17, 15) is 0 Å². The topological polar surface area (TPSA) is 3.88 Å². The Labute approximate surface area is 107 Å². The van der Waals surface area contributed by atoms with Crippen LogP contribution in [-0.4, -0.2) is 0 Å². The fourth-order valence-electron chi connectivity index (χ4n) is 1.53. The van der Waals surface area contributed by atoms with Gasteiger partial charge in [0.2, 0.25) is 5.69 Å². The van der Waals surface area contributed by atoms with Crippen molar-refractivity contribution in [3.8, 4) is 5.69 Å². The lowest BCUT2D eigenvalue weighted by Gasteiger charge is -1.97. The Morgan fingerprint density at radius 1 is 1.13 bits per heavy atom. The second kappa shape index (κ2) is 4.51. The Kier molecular flexibility index (Phi) is 3.29. The second-order valence-electron chi connectivity index (χ2n) is 3.00. The molecular formula is C11H8BrNS2. The van der Waals surface area contributed by atoms with Gasteiger partial charge in [-0.15, -0.1) is 4.57 Å². The Morgan fingerprint density at radius 3 is 2.93 bits per heavy atom. The highest BCUT2D eigenvalue weighted by Gasteiger charge is 2.19. The summed E-state index contributed by atoms with van der Waals surface area (Å²) in [5, 5.41) is 5.54. The Bertz CT molecular complexity index is 505. The minimum atomic E-state index is 0. The molecule has 0 saturated heterocycles. The van der Waals surface area contributed by atoms with Gasteiger partial charge in [0.25, 0.3) is 5.01 Å². The lowest BCUT2D eigenvalue weighted by Crippen LogP contribution is -3.00. The van der Waals surface area contributed by atoms with Gasteiger partial charge < -0.3 is 17.0 Å². The van der Waals surface area contributed by atoms with Gasteiger partial charge in [0.1, 0.15) is 0 Å². The number of para-hydroxylation sites is 1. The predicted octanol–water partition coefficient (Wildman–Crippen LogP) is 0.105. The van der Waals surface area contributed by atoms with Gasteiger partial charge in [0.15, 0.2) is 6.20 Å². The van der Waals surface area contributed by atoms with Crippen molar-refractivity contribution >= 4 is 29.2 Å². The fraction of sp³-hybridized carbons (Fsp3) is 0. The molecule has 1 aromatic heterocycles. The van der Waals surface area contributed by atoms with Gasteiger partial charge >= 0.3 is 0 Å². The van der Waals surface area contributed by atoms with E-state index in [-0.39, 0.29) is 17.0 Å². The molecule has 3 rings (SSSR count). The average Bonchev–Trinajstić information content (AvgIpc) is 2.61. The molecule has 0 saturated carbocycles. The van der Waals surface area contributed by atoms with Crippen molar-refractivity contribution in [1.82, 2.24) is 0 Å². The highest BCUT2D eigenvalue weighted by atomic mass is 79.9. The lowest BCUT2D eigenvalue weighted by atomic mass is 10.3. The minimum absolute atomic E-state index is 0. The van der Waals surface area contributed by atoms with E-state index >= 15 is 0 Å². The van der Waals surface area contributed by atoms with Crippen molar-refractivity contribution in [2.45, 2.75) is 4.90 Å². The molecule has 15 heavy (non-hydrogen) atoms. The van der Waals surface area contributed by atoms with Gasteiger partial charge in [-0.2, -0.15) is 0 Å². The van der Waals surface area contributed by atoms with Crippen LogP contribution >= 0.6 is 23.1 Å². The third-order valence-corrected chi connectivity index (χ3v) is 3.87. The number of benzene rings is 1. The van der Waals surface area contributed by atoms with Crippen molar-refractivity contribution in [2.24, 2.45) is 0 Å². The summed E-state index contributed by atoms with van der Waals surface area (Å²) in [6.45, 7) is 0. The molecule has 76 valence electrons. The first-order valence-electron chi connectivity index (χ1n) is 4.37. The number of hydrogen-bond acceptors (Lipinski definition) is 2. The zero-order valence-corrected chi connectivity index (χ0v) is 11.0.